The lowest BCUT2D eigenvalue weighted by Crippen LogP contribution is -2.74. The van der Waals surface area contributed by atoms with E-state index in [0.717, 1.165) is 56.6 Å². The van der Waals surface area contributed by atoms with Crippen LogP contribution in [0, 0.1) is 0 Å². The van der Waals surface area contributed by atoms with E-state index in [-0.39, 0.29) is 0 Å². The first-order chi connectivity index (χ1) is 74.4. The molecule has 0 atom stereocenters. The van der Waals surface area contributed by atoms with Crippen LogP contribution in [0.25, 0.3) is 144 Å². The van der Waals surface area contributed by atoms with Crippen molar-refractivity contribution in [2.24, 2.45) is 0 Å². The maximum atomic E-state index is 2.40. The molecule has 0 amide bonds. The van der Waals surface area contributed by atoms with Gasteiger partial charge in [0.15, 0.2) is 16.1 Å². The van der Waals surface area contributed by atoms with Gasteiger partial charge in [0.25, 0.3) is 0 Å². The van der Waals surface area contributed by atoms with Gasteiger partial charge in [-0.05, 0) is 252 Å². The fourth-order valence-corrected chi connectivity index (χ4v) is 32.4. The zero-order valence-corrected chi connectivity index (χ0v) is 84.8. The molecule has 708 valence electrons. The van der Waals surface area contributed by atoms with E-state index < -0.39 is 16.1 Å². The van der Waals surface area contributed by atoms with Crippen molar-refractivity contribution in [2.45, 2.75) is 0 Å². The molecule has 0 fully saturated rings. The van der Waals surface area contributed by atoms with E-state index in [1.807, 2.05) is 0 Å². The second-order valence-electron chi connectivity index (χ2n) is 38.4. The molecule has 0 unspecified atom stereocenters. The summed E-state index contributed by atoms with van der Waals surface area (Å²) < 4.78 is 4.77. The molecule has 0 aliphatic carbocycles. The molecule has 26 rings (SSSR count). The first-order valence-corrected chi connectivity index (χ1v) is 55.7. The number of nitrogens with zero attached hydrogens (tertiary/aromatic N) is 4. The summed E-state index contributed by atoms with van der Waals surface area (Å²) in [6.45, 7) is 0. The fourth-order valence-electron chi connectivity index (χ4n) is 22.9. The van der Waals surface area contributed by atoms with Gasteiger partial charge in [0.1, 0.15) is 0 Å². The lowest BCUT2D eigenvalue weighted by Gasteiger charge is -2.35. The first kappa shape index (κ1) is 92.1. The second-order valence-corrected chi connectivity index (χ2v) is 46.1. The van der Waals surface area contributed by atoms with E-state index in [9.17, 15) is 0 Å². The SMILES string of the molecule is c1ccc(-c2ccc(-c3ccc(N(c4ccc(-c5ccc(-c6cccc7c6c6ccccc6n7-c6ccccc6)cc5)cc4)c4ccc([Si](c5ccccc5)(c5ccccc5)c5ccccc5)cc4)cc3)cc2)cc1.c1ccc(-c2ccccc2-c2ccc(N(c3ccc(-c4ccc(-c5cccc6c5c5ccccc5n6-c5ccccc5)cc4)cc3)c3ccc([Si](c4ccccc4)(c4ccccc4)c4ccccc4)cc3)cc2)cc1. The molecule has 0 bridgehead atoms. The molecule has 0 radical (unpaired) electrons. The summed E-state index contributed by atoms with van der Waals surface area (Å²) in [5.41, 5.74) is 32.8. The van der Waals surface area contributed by atoms with Gasteiger partial charge in [-0.2, -0.15) is 0 Å². The number of fused-ring (bicyclic) bond motifs is 6. The summed E-state index contributed by atoms with van der Waals surface area (Å²) in [6, 6.07) is 231. The van der Waals surface area contributed by atoms with Crippen LogP contribution >= 0.6 is 0 Å². The number of aromatic nitrogens is 2. The van der Waals surface area contributed by atoms with Crippen molar-refractivity contribution in [3.8, 4) is 100 Å². The fraction of sp³-hybridized carbons (Fsp3) is 0. The van der Waals surface area contributed by atoms with E-state index in [4.69, 9.17) is 0 Å². The Morgan fingerprint density at radius 1 is 0.120 bits per heavy atom. The molecule has 0 spiro atoms. The highest BCUT2D eigenvalue weighted by molar-refractivity contribution is 7.20. The van der Waals surface area contributed by atoms with E-state index in [0.29, 0.717) is 0 Å². The molecule has 2 heterocycles. The van der Waals surface area contributed by atoms with Crippen LogP contribution in [-0.2, 0) is 0 Å². The van der Waals surface area contributed by atoms with Crippen LogP contribution in [0.3, 0.4) is 0 Å². The third-order valence-corrected chi connectivity index (χ3v) is 39.6. The van der Waals surface area contributed by atoms with Crippen LogP contribution in [0.2, 0.25) is 0 Å². The summed E-state index contributed by atoms with van der Waals surface area (Å²) in [5, 5.41) is 15.8. The van der Waals surface area contributed by atoms with Gasteiger partial charge >= 0.3 is 0 Å². The maximum absolute atomic E-state index is 2.72. The Morgan fingerprint density at radius 3 is 0.573 bits per heavy atom. The van der Waals surface area contributed by atoms with Gasteiger partial charge in [-0.3, -0.25) is 0 Å². The van der Waals surface area contributed by atoms with Crippen molar-refractivity contribution in [1.82, 2.24) is 9.13 Å². The predicted molar refractivity (Wildman–Crippen MR) is 642 cm³/mol. The minimum atomic E-state index is -2.72. The Morgan fingerprint density at radius 2 is 0.293 bits per heavy atom. The summed E-state index contributed by atoms with van der Waals surface area (Å²) in [6.07, 6.45) is 0. The van der Waals surface area contributed by atoms with Gasteiger partial charge in [-0.15, -0.1) is 0 Å². The molecule has 0 aliphatic rings. The Hall–Kier alpha value is -19.1. The van der Waals surface area contributed by atoms with Crippen LogP contribution in [0.4, 0.5) is 34.1 Å². The van der Waals surface area contributed by atoms with Gasteiger partial charge < -0.3 is 18.9 Å². The molecule has 150 heavy (non-hydrogen) atoms. The third kappa shape index (κ3) is 17.4. The van der Waals surface area contributed by atoms with Crippen molar-refractivity contribution in [1.29, 1.82) is 0 Å². The maximum Gasteiger partial charge on any atom is 0.179 e. The molecule has 26 aromatic rings. The number of hydrogen-bond donors (Lipinski definition) is 0. The van der Waals surface area contributed by atoms with Crippen LogP contribution < -0.4 is 51.3 Å². The van der Waals surface area contributed by atoms with Crippen molar-refractivity contribution >= 4 is 135 Å². The highest BCUT2D eigenvalue weighted by atomic mass is 28.3. The quantitative estimate of drug-likeness (QED) is 0.0443. The van der Waals surface area contributed by atoms with Gasteiger partial charge in [0, 0.05) is 67.0 Å². The van der Waals surface area contributed by atoms with Gasteiger partial charge in [0.05, 0.1) is 22.1 Å². The molecule has 0 saturated carbocycles. The largest absolute Gasteiger partial charge is 0.311 e. The van der Waals surface area contributed by atoms with E-state index in [1.54, 1.807) is 0 Å². The number of benzene rings is 24. The molecule has 0 N–H and O–H groups in total. The zero-order valence-electron chi connectivity index (χ0n) is 82.8. The van der Waals surface area contributed by atoms with E-state index >= 15 is 0 Å². The topological polar surface area (TPSA) is 16.3 Å². The van der Waals surface area contributed by atoms with Crippen LogP contribution in [0.5, 0.6) is 0 Å². The number of para-hydroxylation sites is 4. The van der Waals surface area contributed by atoms with Crippen molar-refractivity contribution in [3.63, 3.8) is 0 Å². The molecule has 4 nitrogen and oxygen atoms in total. The van der Waals surface area contributed by atoms with Crippen LogP contribution in [0.1, 0.15) is 0 Å². The van der Waals surface area contributed by atoms with Crippen LogP contribution in [-0.4, -0.2) is 25.3 Å². The summed E-state index contributed by atoms with van der Waals surface area (Å²) in [5.74, 6) is 0. The smallest absolute Gasteiger partial charge is 0.179 e. The van der Waals surface area contributed by atoms with Crippen molar-refractivity contribution in [3.05, 3.63) is 631 Å². The molecular weight excluding hydrogens is 1840 g/mol. The molecule has 0 aliphatic heterocycles. The Labute approximate surface area is 878 Å². The molecule has 2 aromatic heterocycles. The monoisotopic (exact) mass is 1940 g/mol. The minimum absolute atomic E-state index is 1.08. The van der Waals surface area contributed by atoms with E-state index in [1.165, 1.54) is 163 Å². The van der Waals surface area contributed by atoms with E-state index in [2.05, 4.69) is 650 Å². The Kier molecular flexibility index (Phi) is 25.3. The average molecular weight is 1950 g/mol. The summed E-state index contributed by atoms with van der Waals surface area (Å²) in [4.78, 5) is 4.79. The summed E-state index contributed by atoms with van der Waals surface area (Å²) in [7, 11) is -5.44. The van der Waals surface area contributed by atoms with Crippen molar-refractivity contribution in [2.75, 3.05) is 9.80 Å². The standard InChI is InChI=1S/2C72H52N2Si/c1-6-21-55(22-7-1)66-31-16-17-32-67(66)56-43-47-60(48-44-56)73(61-49-51-65(52-50-61)75(62-25-10-3-11-26-62,63-27-12-4-13-28-63)64-29-14-5-15-30-64)59-45-41-54(42-46-59)53-37-39-57(40-38-53)68-34-20-36-71-72(68)69-33-18-19-35-70(69)74(71)58-23-8-2-9-24-58;1-6-19-53(20-7-1)54-33-35-55(36-34-54)57-41-45-61(46-42-57)73(63-49-51-67(52-50-63)75(64-23-10-3-11-24-64,65-25-12-4-13-26-65)66-27-14-5-15-28-66)62-47-43-58(44-48-62)56-37-39-59(40-38-56)68-30-18-32-71-72(68)69-29-16-17-31-70(69)74(71)60-21-8-2-9-22-60/h2*1-52H. The molecular formula is C144H104N4Si2. The normalized spacial score (nSPS) is 11.5. The Balaban J connectivity index is 0.000000155. The second kappa shape index (κ2) is 41.2. The zero-order chi connectivity index (χ0) is 99.9. The highest BCUT2D eigenvalue weighted by Crippen LogP contribution is 2.46. The molecule has 6 heteroatoms. The highest BCUT2D eigenvalue weighted by Gasteiger charge is 2.43. The Bertz CT molecular complexity index is 8960. The van der Waals surface area contributed by atoms with Gasteiger partial charge in [0.2, 0.25) is 0 Å². The molecule has 24 aromatic carbocycles. The van der Waals surface area contributed by atoms with Crippen molar-refractivity contribution < 1.29 is 0 Å². The van der Waals surface area contributed by atoms with Crippen LogP contribution in [0.15, 0.2) is 631 Å². The predicted octanol–water partition coefficient (Wildman–Crippen LogP) is 32.6. The van der Waals surface area contributed by atoms with Gasteiger partial charge in [-0.1, -0.05) is 510 Å². The number of anilines is 6. The number of hydrogen-bond acceptors (Lipinski definition) is 2. The minimum Gasteiger partial charge on any atom is -0.311 e. The summed E-state index contributed by atoms with van der Waals surface area (Å²) >= 11 is 0. The third-order valence-electron chi connectivity index (χ3n) is 30.0. The van der Waals surface area contributed by atoms with Gasteiger partial charge in [-0.25, -0.2) is 0 Å². The lowest BCUT2D eigenvalue weighted by molar-refractivity contribution is 1.18. The lowest BCUT2D eigenvalue weighted by atomic mass is 9.94. The average Bonchev–Trinajstić information content (AvgIpc) is 1.28. The first-order valence-electron chi connectivity index (χ1n) is 51.7. The molecule has 0 saturated heterocycles. The number of rotatable bonds is 24.